The van der Waals surface area contributed by atoms with E-state index in [-0.39, 0.29) is 17.2 Å². The molecular weight excluding hydrogens is 398 g/mol. The molecule has 2 aromatic rings. The number of nitrogens with one attached hydrogen (secondary N) is 1. The summed E-state index contributed by atoms with van der Waals surface area (Å²) in [5, 5.41) is 7.00. The van der Waals surface area contributed by atoms with Gasteiger partial charge in [0.1, 0.15) is 0 Å². The molecule has 4 heterocycles. The van der Waals surface area contributed by atoms with Crippen molar-refractivity contribution in [1.29, 1.82) is 0 Å². The first-order chi connectivity index (χ1) is 15.0. The van der Waals surface area contributed by atoms with Crippen molar-refractivity contribution in [3.63, 3.8) is 0 Å². The van der Waals surface area contributed by atoms with Crippen LogP contribution in [0.1, 0.15) is 35.7 Å². The summed E-state index contributed by atoms with van der Waals surface area (Å²) in [4.78, 5) is 24.2. The fourth-order valence-electron chi connectivity index (χ4n) is 4.88. The van der Waals surface area contributed by atoms with Crippen molar-refractivity contribution in [2.75, 3.05) is 40.0 Å². The SMILES string of the molecule is COc1ncc(CN2CC(C(=O)NCCc3noc(C)n3)C3(CCOCC3)C2)cc1C. The zero-order valence-corrected chi connectivity index (χ0v) is 18.5. The lowest BCUT2D eigenvalue weighted by Crippen LogP contribution is -2.44. The fourth-order valence-corrected chi connectivity index (χ4v) is 4.88. The molecule has 1 spiro atoms. The molecule has 2 aliphatic rings. The lowest BCUT2D eigenvalue weighted by Gasteiger charge is -2.37. The zero-order valence-electron chi connectivity index (χ0n) is 18.5. The van der Waals surface area contributed by atoms with Crippen LogP contribution in [0.5, 0.6) is 5.88 Å². The van der Waals surface area contributed by atoms with Crippen molar-refractivity contribution < 1.29 is 18.8 Å². The predicted molar refractivity (Wildman–Crippen MR) is 113 cm³/mol. The number of carbonyl (C=O) groups excluding carboxylic acids is 1. The summed E-state index contributed by atoms with van der Waals surface area (Å²) in [5.74, 6) is 1.86. The van der Waals surface area contributed by atoms with E-state index in [1.807, 2.05) is 13.1 Å². The van der Waals surface area contributed by atoms with Gasteiger partial charge in [-0.15, -0.1) is 0 Å². The molecule has 0 radical (unpaired) electrons. The Morgan fingerprint density at radius 2 is 2.16 bits per heavy atom. The number of aromatic nitrogens is 3. The molecule has 0 aromatic carbocycles. The minimum atomic E-state index is -0.0595. The topological polar surface area (TPSA) is 103 Å². The number of rotatable bonds is 7. The van der Waals surface area contributed by atoms with Crippen LogP contribution in [0, 0.1) is 25.2 Å². The quantitative estimate of drug-likeness (QED) is 0.709. The number of amides is 1. The molecule has 1 atom stereocenters. The summed E-state index contributed by atoms with van der Waals surface area (Å²) >= 11 is 0. The molecule has 2 saturated heterocycles. The minimum Gasteiger partial charge on any atom is -0.481 e. The van der Waals surface area contributed by atoms with Crippen LogP contribution in [0.25, 0.3) is 0 Å². The summed E-state index contributed by atoms with van der Waals surface area (Å²) in [6.07, 6.45) is 4.24. The van der Waals surface area contributed by atoms with Crippen molar-refractivity contribution in [3.05, 3.63) is 35.1 Å². The number of carbonyl (C=O) groups is 1. The van der Waals surface area contributed by atoms with Crippen molar-refractivity contribution in [1.82, 2.24) is 25.3 Å². The van der Waals surface area contributed by atoms with Crippen LogP contribution in [-0.2, 0) is 22.5 Å². The highest BCUT2D eigenvalue weighted by Crippen LogP contribution is 2.44. The van der Waals surface area contributed by atoms with Gasteiger partial charge in [0.05, 0.1) is 13.0 Å². The Morgan fingerprint density at radius 3 is 2.84 bits per heavy atom. The second-order valence-electron chi connectivity index (χ2n) is 8.64. The van der Waals surface area contributed by atoms with Gasteiger partial charge in [-0.3, -0.25) is 9.69 Å². The fraction of sp³-hybridized carbons (Fsp3) is 0.636. The third-order valence-electron chi connectivity index (χ3n) is 6.43. The Kier molecular flexibility index (Phi) is 6.52. The molecule has 1 amide bonds. The van der Waals surface area contributed by atoms with Crippen LogP contribution in [-0.4, -0.2) is 65.9 Å². The summed E-state index contributed by atoms with van der Waals surface area (Å²) in [5.41, 5.74) is 2.11. The van der Waals surface area contributed by atoms with E-state index < -0.39 is 0 Å². The largest absolute Gasteiger partial charge is 0.481 e. The van der Waals surface area contributed by atoms with E-state index in [0.29, 0.717) is 43.8 Å². The van der Waals surface area contributed by atoms with Crippen LogP contribution in [0.3, 0.4) is 0 Å². The maximum absolute atomic E-state index is 13.2. The molecule has 2 fully saturated rings. The van der Waals surface area contributed by atoms with Gasteiger partial charge in [0.15, 0.2) is 5.82 Å². The van der Waals surface area contributed by atoms with E-state index in [4.69, 9.17) is 14.0 Å². The van der Waals surface area contributed by atoms with E-state index >= 15 is 0 Å². The Bertz CT molecular complexity index is 909. The molecule has 4 rings (SSSR count). The van der Waals surface area contributed by atoms with Gasteiger partial charge in [-0.1, -0.05) is 5.16 Å². The number of aryl methyl sites for hydroxylation is 2. The third-order valence-corrected chi connectivity index (χ3v) is 6.43. The summed E-state index contributed by atoms with van der Waals surface area (Å²) < 4.78 is 15.9. The summed E-state index contributed by atoms with van der Waals surface area (Å²) in [7, 11) is 1.63. The minimum absolute atomic E-state index is 0.0417. The van der Waals surface area contributed by atoms with Gasteiger partial charge in [0.25, 0.3) is 0 Å². The first-order valence-corrected chi connectivity index (χ1v) is 10.9. The van der Waals surface area contributed by atoms with Crippen LogP contribution in [0.15, 0.2) is 16.8 Å². The van der Waals surface area contributed by atoms with Gasteiger partial charge in [0.2, 0.25) is 17.7 Å². The number of hydrogen-bond donors (Lipinski definition) is 1. The van der Waals surface area contributed by atoms with Crippen molar-refractivity contribution in [2.45, 2.75) is 39.7 Å². The van der Waals surface area contributed by atoms with Crippen molar-refractivity contribution in [3.8, 4) is 5.88 Å². The Balaban J connectivity index is 1.41. The Morgan fingerprint density at radius 1 is 1.35 bits per heavy atom. The van der Waals surface area contributed by atoms with Crippen LogP contribution >= 0.6 is 0 Å². The number of likely N-dealkylation sites (tertiary alicyclic amines) is 1. The van der Waals surface area contributed by atoms with E-state index in [2.05, 4.69) is 31.4 Å². The molecule has 31 heavy (non-hydrogen) atoms. The highest BCUT2D eigenvalue weighted by atomic mass is 16.5. The van der Waals surface area contributed by atoms with Gasteiger partial charge < -0.3 is 19.3 Å². The predicted octanol–water partition coefficient (Wildman–Crippen LogP) is 1.68. The Hall–Kier alpha value is -2.52. The smallest absolute Gasteiger partial charge is 0.225 e. The first-order valence-electron chi connectivity index (χ1n) is 10.9. The van der Waals surface area contributed by atoms with Crippen LogP contribution < -0.4 is 10.1 Å². The van der Waals surface area contributed by atoms with Gasteiger partial charge in [0, 0.05) is 69.9 Å². The number of hydrogen-bond acceptors (Lipinski definition) is 8. The highest BCUT2D eigenvalue weighted by Gasteiger charge is 2.50. The molecule has 2 aliphatic heterocycles. The highest BCUT2D eigenvalue weighted by molar-refractivity contribution is 5.80. The number of pyridine rings is 1. The molecule has 9 heteroatoms. The zero-order chi connectivity index (χ0) is 21.8. The molecule has 1 N–H and O–H groups in total. The number of nitrogens with zero attached hydrogens (tertiary/aromatic N) is 4. The monoisotopic (exact) mass is 429 g/mol. The van der Waals surface area contributed by atoms with E-state index in [0.717, 1.165) is 43.6 Å². The molecule has 2 aromatic heterocycles. The standard InChI is InChI=1S/C22H31N5O4/c1-15-10-17(11-24-21(15)29-3)12-27-13-18(22(14-27)5-8-30-9-6-22)20(28)23-7-4-19-25-16(2)31-26-19/h10-11,18H,4-9,12-14H2,1-3H3,(H,23,28). The van der Waals surface area contributed by atoms with E-state index in [1.165, 1.54) is 0 Å². The van der Waals surface area contributed by atoms with Gasteiger partial charge in [-0.05, 0) is 31.4 Å². The maximum Gasteiger partial charge on any atom is 0.225 e. The molecule has 0 aliphatic carbocycles. The first kappa shape index (κ1) is 21.7. The molecule has 0 saturated carbocycles. The molecule has 168 valence electrons. The lowest BCUT2D eigenvalue weighted by atomic mass is 9.71. The third kappa shape index (κ3) is 4.88. The van der Waals surface area contributed by atoms with Crippen LogP contribution in [0.2, 0.25) is 0 Å². The average molecular weight is 430 g/mol. The van der Waals surface area contributed by atoms with Crippen LogP contribution in [0.4, 0.5) is 0 Å². The molecule has 9 nitrogen and oxygen atoms in total. The normalized spacial score (nSPS) is 20.8. The maximum atomic E-state index is 13.2. The molecular formula is C22H31N5O4. The van der Waals surface area contributed by atoms with Crippen molar-refractivity contribution in [2.24, 2.45) is 11.3 Å². The second-order valence-corrected chi connectivity index (χ2v) is 8.64. The summed E-state index contributed by atoms with van der Waals surface area (Å²) in [6, 6.07) is 2.11. The van der Waals surface area contributed by atoms with E-state index in [1.54, 1.807) is 14.0 Å². The van der Waals surface area contributed by atoms with Gasteiger partial charge >= 0.3 is 0 Å². The average Bonchev–Trinajstić information content (AvgIpc) is 3.32. The number of methoxy groups -OCH3 is 1. The van der Waals surface area contributed by atoms with E-state index in [9.17, 15) is 4.79 Å². The molecule has 1 unspecified atom stereocenters. The molecule has 0 bridgehead atoms. The second kappa shape index (κ2) is 9.32. The Labute approximate surface area is 182 Å². The lowest BCUT2D eigenvalue weighted by molar-refractivity contribution is -0.129. The van der Waals surface area contributed by atoms with Gasteiger partial charge in [-0.2, -0.15) is 4.98 Å². The van der Waals surface area contributed by atoms with Crippen molar-refractivity contribution >= 4 is 5.91 Å². The van der Waals surface area contributed by atoms with Gasteiger partial charge in [-0.25, -0.2) is 4.98 Å². The number of ether oxygens (including phenoxy) is 2. The summed E-state index contributed by atoms with van der Waals surface area (Å²) in [6.45, 7) is 8.08.